The highest BCUT2D eigenvalue weighted by molar-refractivity contribution is 7.92. The van der Waals surface area contributed by atoms with E-state index in [1.165, 1.54) is 9.21 Å². The van der Waals surface area contributed by atoms with Gasteiger partial charge in [0, 0.05) is 41.7 Å². The third-order valence-corrected chi connectivity index (χ3v) is 7.93. The zero-order valence-corrected chi connectivity index (χ0v) is 25.6. The molecule has 1 N–H and O–H groups in total. The monoisotopic (exact) mass is 599 g/mol. The number of rotatable bonds is 15. The summed E-state index contributed by atoms with van der Waals surface area (Å²) in [6.45, 7) is 8.61. The first-order valence-corrected chi connectivity index (χ1v) is 15.7. The van der Waals surface area contributed by atoms with Gasteiger partial charge >= 0.3 is 0 Å². The predicted octanol–water partition coefficient (Wildman–Crippen LogP) is 5.52. The molecule has 0 heterocycles. The fourth-order valence-electron chi connectivity index (χ4n) is 4.12. The predicted molar refractivity (Wildman–Crippen MR) is 158 cm³/mol. The van der Waals surface area contributed by atoms with Gasteiger partial charge in [0.25, 0.3) is 0 Å². The number of hydrogen-bond donors (Lipinski definition) is 1. The van der Waals surface area contributed by atoms with Crippen LogP contribution in [-0.4, -0.2) is 57.1 Å². The van der Waals surface area contributed by atoms with Gasteiger partial charge in [0.2, 0.25) is 21.8 Å². The molecule has 2 rings (SSSR count). The number of sulfonamides is 1. The third kappa shape index (κ3) is 9.58. The van der Waals surface area contributed by atoms with E-state index in [0.717, 1.165) is 6.26 Å². The molecular formula is C28H39Cl2N3O5S. The molecule has 0 bridgehead atoms. The molecule has 2 aromatic rings. The van der Waals surface area contributed by atoms with Crippen molar-refractivity contribution in [3.8, 4) is 5.75 Å². The molecule has 39 heavy (non-hydrogen) atoms. The van der Waals surface area contributed by atoms with Crippen molar-refractivity contribution in [2.75, 3.05) is 30.3 Å². The maximum absolute atomic E-state index is 13.6. The van der Waals surface area contributed by atoms with Gasteiger partial charge in [-0.05, 0) is 49.9 Å². The van der Waals surface area contributed by atoms with Crippen molar-refractivity contribution in [1.29, 1.82) is 0 Å². The lowest BCUT2D eigenvalue weighted by atomic mass is 10.1. The first kappa shape index (κ1) is 32.7. The van der Waals surface area contributed by atoms with E-state index in [-0.39, 0.29) is 43.7 Å². The van der Waals surface area contributed by atoms with E-state index < -0.39 is 16.1 Å². The number of anilines is 1. The summed E-state index contributed by atoms with van der Waals surface area (Å²) < 4.78 is 32.2. The number of carbonyl (C=O) groups is 2. The Kier molecular flexibility index (Phi) is 12.9. The number of halogens is 2. The molecular weight excluding hydrogens is 561 g/mol. The molecule has 216 valence electrons. The van der Waals surface area contributed by atoms with Crippen LogP contribution in [0.15, 0.2) is 42.5 Å². The normalized spacial score (nSPS) is 12.2. The second kappa shape index (κ2) is 15.3. The first-order valence-electron chi connectivity index (χ1n) is 13.1. The van der Waals surface area contributed by atoms with Gasteiger partial charge in [-0.25, -0.2) is 8.42 Å². The summed E-state index contributed by atoms with van der Waals surface area (Å²) >= 11 is 12.8. The number of para-hydroxylation sites is 2. The van der Waals surface area contributed by atoms with Gasteiger partial charge in [0.1, 0.15) is 11.8 Å². The molecule has 0 unspecified atom stereocenters. The molecule has 1 atom stereocenters. The summed E-state index contributed by atoms with van der Waals surface area (Å²) in [7, 11) is -3.66. The van der Waals surface area contributed by atoms with Crippen LogP contribution < -0.4 is 14.4 Å². The number of nitrogens with one attached hydrogen (secondary N) is 1. The van der Waals surface area contributed by atoms with Crippen molar-refractivity contribution in [3.05, 3.63) is 58.1 Å². The fraction of sp³-hybridized carbons (Fsp3) is 0.500. The quantitative estimate of drug-likeness (QED) is 0.291. The van der Waals surface area contributed by atoms with Crippen molar-refractivity contribution in [2.45, 2.75) is 59.5 Å². The molecule has 2 aromatic carbocycles. The number of benzene rings is 2. The lowest BCUT2D eigenvalue weighted by Gasteiger charge is -2.32. The molecule has 0 aromatic heterocycles. The zero-order chi connectivity index (χ0) is 29.2. The minimum Gasteiger partial charge on any atom is -0.492 e. The van der Waals surface area contributed by atoms with Crippen LogP contribution in [0.3, 0.4) is 0 Å². The lowest BCUT2D eigenvalue weighted by Crippen LogP contribution is -2.49. The van der Waals surface area contributed by atoms with Gasteiger partial charge in [-0.3, -0.25) is 13.9 Å². The molecule has 0 aliphatic rings. The van der Waals surface area contributed by atoms with Gasteiger partial charge in [0.15, 0.2) is 0 Å². The highest BCUT2D eigenvalue weighted by Crippen LogP contribution is 2.31. The molecule has 0 saturated carbocycles. The minimum atomic E-state index is -3.66. The Balaban J connectivity index is 2.30. The summed E-state index contributed by atoms with van der Waals surface area (Å²) in [5.74, 6) is 0.130. The van der Waals surface area contributed by atoms with E-state index in [1.807, 2.05) is 27.7 Å². The fourth-order valence-corrected chi connectivity index (χ4v) is 5.60. The smallest absolute Gasteiger partial charge is 0.242 e. The summed E-state index contributed by atoms with van der Waals surface area (Å²) in [5.41, 5.74) is 0.959. The van der Waals surface area contributed by atoms with E-state index in [2.05, 4.69) is 5.32 Å². The van der Waals surface area contributed by atoms with Crippen LogP contribution in [0.4, 0.5) is 5.69 Å². The van der Waals surface area contributed by atoms with Crippen LogP contribution in [0.2, 0.25) is 10.0 Å². The summed E-state index contributed by atoms with van der Waals surface area (Å²) in [6, 6.07) is 11.2. The average Bonchev–Trinajstić information content (AvgIpc) is 2.86. The van der Waals surface area contributed by atoms with E-state index >= 15 is 0 Å². The van der Waals surface area contributed by atoms with E-state index in [4.69, 9.17) is 27.9 Å². The van der Waals surface area contributed by atoms with Crippen molar-refractivity contribution >= 4 is 50.7 Å². The molecule has 0 spiro atoms. The number of carbonyl (C=O) groups excluding carboxylic acids is 2. The van der Waals surface area contributed by atoms with E-state index in [1.54, 1.807) is 42.5 Å². The van der Waals surface area contributed by atoms with Crippen molar-refractivity contribution in [1.82, 2.24) is 10.2 Å². The van der Waals surface area contributed by atoms with Crippen LogP contribution in [0.5, 0.6) is 5.75 Å². The highest BCUT2D eigenvalue weighted by Gasteiger charge is 2.30. The summed E-state index contributed by atoms with van der Waals surface area (Å²) in [6.07, 6.45) is 1.74. The number of nitrogens with zero attached hydrogens (tertiary/aromatic N) is 2. The third-order valence-electron chi connectivity index (χ3n) is 6.05. The van der Waals surface area contributed by atoms with Crippen LogP contribution >= 0.6 is 23.2 Å². The Bertz CT molecular complexity index is 1200. The van der Waals surface area contributed by atoms with Crippen molar-refractivity contribution in [3.63, 3.8) is 0 Å². The Hall–Kier alpha value is -2.49. The van der Waals surface area contributed by atoms with Crippen LogP contribution in [0, 0.1) is 5.92 Å². The number of hydrogen-bond acceptors (Lipinski definition) is 5. The van der Waals surface area contributed by atoms with Gasteiger partial charge in [0.05, 0.1) is 18.6 Å². The number of ether oxygens (including phenoxy) is 1. The molecule has 0 aliphatic carbocycles. The Labute approximate surface area is 242 Å². The molecule has 8 nitrogen and oxygen atoms in total. The largest absolute Gasteiger partial charge is 0.492 e. The Morgan fingerprint density at radius 2 is 1.67 bits per heavy atom. The van der Waals surface area contributed by atoms with Crippen molar-refractivity contribution < 1.29 is 22.7 Å². The van der Waals surface area contributed by atoms with Crippen LogP contribution in [0.1, 0.15) is 52.5 Å². The number of amides is 2. The SMILES string of the molecule is CCOc1ccccc1N(CCCC(=O)N(Cc1c(Cl)cccc1Cl)[C@H](CC)C(=O)NCC(C)C)S(C)(=O)=O. The van der Waals surface area contributed by atoms with Gasteiger partial charge in [-0.1, -0.05) is 62.2 Å². The standard InChI is InChI=1S/C28H39Cl2N3O5S/c1-6-24(28(35)31-18-20(3)4)32(19-21-22(29)12-10-13-23(21)30)27(34)16-11-17-33(39(5,36)37)25-14-8-9-15-26(25)38-7-2/h8-10,12-15,20,24H,6-7,11,16-19H2,1-5H3,(H,31,35)/t24-/m1/s1. The van der Waals surface area contributed by atoms with Crippen LogP contribution in [-0.2, 0) is 26.2 Å². The molecule has 0 saturated heterocycles. The minimum absolute atomic E-state index is 0.0128. The summed E-state index contributed by atoms with van der Waals surface area (Å²) in [4.78, 5) is 28.2. The molecule has 11 heteroatoms. The van der Waals surface area contributed by atoms with E-state index in [9.17, 15) is 18.0 Å². The molecule has 2 amide bonds. The maximum Gasteiger partial charge on any atom is 0.242 e. The second-order valence-corrected chi connectivity index (χ2v) is 12.3. The lowest BCUT2D eigenvalue weighted by molar-refractivity contribution is -0.141. The van der Waals surface area contributed by atoms with Gasteiger partial charge in [-0.15, -0.1) is 0 Å². The van der Waals surface area contributed by atoms with Crippen LogP contribution in [0.25, 0.3) is 0 Å². The highest BCUT2D eigenvalue weighted by atomic mass is 35.5. The molecule has 0 fully saturated rings. The second-order valence-electron chi connectivity index (χ2n) is 9.62. The molecule has 0 aliphatic heterocycles. The Morgan fingerprint density at radius 3 is 2.23 bits per heavy atom. The Morgan fingerprint density at radius 1 is 1.03 bits per heavy atom. The maximum atomic E-state index is 13.6. The van der Waals surface area contributed by atoms with E-state index in [0.29, 0.717) is 46.6 Å². The zero-order valence-electron chi connectivity index (χ0n) is 23.2. The topological polar surface area (TPSA) is 96.0 Å². The average molecular weight is 601 g/mol. The molecule has 0 radical (unpaired) electrons. The van der Waals surface area contributed by atoms with Crippen molar-refractivity contribution in [2.24, 2.45) is 5.92 Å². The summed E-state index contributed by atoms with van der Waals surface area (Å²) in [5, 5.41) is 3.71. The van der Waals surface area contributed by atoms with Gasteiger partial charge in [-0.2, -0.15) is 0 Å². The first-order chi connectivity index (χ1) is 18.4. The van der Waals surface area contributed by atoms with Gasteiger partial charge < -0.3 is 15.0 Å².